The summed E-state index contributed by atoms with van der Waals surface area (Å²) in [6, 6.07) is 2.08. The molecule has 2 unspecified atom stereocenters. The van der Waals surface area contributed by atoms with E-state index in [4.69, 9.17) is 19.5 Å². The first-order valence-corrected chi connectivity index (χ1v) is 5.85. The molecule has 5 heteroatoms. The fraction of sp³-hybridized carbons (Fsp3) is 0.833. The Labute approximate surface area is 102 Å². The molecule has 0 aromatic rings. The highest BCUT2D eigenvalue weighted by Gasteiger charge is 2.36. The molecule has 0 amide bonds. The van der Waals surface area contributed by atoms with Gasteiger partial charge in [-0.25, -0.2) is 0 Å². The van der Waals surface area contributed by atoms with Crippen LogP contribution in [0.2, 0.25) is 0 Å². The van der Waals surface area contributed by atoms with E-state index in [1.807, 2.05) is 0 Å². The molecule has 0 aromatic heterocycles. The molecule has 0 saturated carbocycles. The SMILES string of the molecule is CCOC(=O)CC1CC(CC#N)OC(C)(C)O1. The number of esters is 1. The van der Waals surface area contributed by atoms with E-state index in [9.17, 15) is 4.79 Å². The van der Waals surface area contributed by atoms with Crippen molar-refractivity contribution in [3.05, 3.63) is 0 Å². The molecule has 5 nitrogen and oxygen atoms in total. The average molecular weight is 241 g/mol. The standard InChI is InChI=1S/C12H19NO4/c1-4-15-11(14)8-10-7-9(5-6-13)16-12(2,3)17-10/h9-10H,4-5,7-8H2,1-3H3. The highest BCUT2D eigenvalue weighted by atomic mass is 16.7. The van der Waals surface area contributed by atoms with Crippen molar-refractivity contribution in [2.75, 3.05) is 6.61 Å². The molecule has 1 rings (SSSR count). The van der Waals surface area contributed by atoms with Crippen LogP contribution in [-0.2, 0) is 19.0 Å². The maximum Gasteiger partial charge on any atom is 0.308 e. The zero-order chi connectivity index (χ0) is 12.9. The van der Waals surface area contributed by atoms with Crippen LogP contribution in [0.5, 0.6) is 0 Å². The molecule has 96 valence electrons. The van der Waals surface area contributed by atoms with Gasteiger partial charge in [-0.3, -0.25) is 4.79 Å². The Morgan fingerprint density at radius 1 is 1.47 bits per heavy atom. The van der Waals surface area contributed by atoms with Crippen molar-refractivity contribution in [1.82, 2.24) is 0 Å². The van der Waals surface area contributed by atoms with Gasteiger partial charge in [-0.1, -0.05) is 0 Å². The first kappa shape index (κ1) is 13.9. The van der Waals surface area contributed by atoms with Crippen LogP contribution < -0.4 is 0 Å². The maximum absolute atomic E-state index is 11.4. The summed E-state index contributed by atoms with van der Waals surface area (Å²) >= 11 is 0. The lowest BCUT2D eigenvalue weighted by Gasteiger charge is -2.39. The van der Waals surface area contributed by atoms with Crippen molar-refractivity contribution in [2.45, 2.75) is 58.0 Å². The van der Waals surface area contributed by atoms with Crippen LogP contribution >= 0.6 is 0 Å². The first-order valence-electron chi connectivity index (χ1n) is 5.85. The van der Waals surface area contributed by atoms with Crippen molar-refractivity contribution in [2.24, 2.45) is 0 Å². The summed E-state index contributed by atoms with van der Waals surface area (Å²) in [5.74, 6) is -1.03. The molecule has 0 bridgehead atoms. The lowest BCUT2D eigenvalue weighted by atomic mass is 10.0. The van der Waals surface area contributed by atoms with Gasteiger partial charge in [0.1, 0.15) is 0 Å². The molecule has 0 radical (unpaired) electrons. The molecular formula is C12H19NO4. The van der Waals surface area contributed by atoms with E-state index in [0.29, 0.717) is 19.4 Å². The number of ether oxygens (including phenoxy) is 3. The quantitative estimate of drug-likeness (QED) is 0.701. The van der Waals surface area contributed by atoms with Gasteiger partial charge in [0.25, 0.3) is 0 Å². The van der Waals surface area contributed by atoms with Crippen molar-refractivity contribution >= 4 is 5.97 Å². The highest BCUT2D eigenvalue weighted by Crippen LogP contribution is 2.29. The lowest BCUT2D eigenvalue weighted by Crippen LogP contribution is -2.45. The smallest absolute Gasteiger partial charge is 0.308 e. The fourth-order valence-electron chi connectivity index (χ4n) is 1.98. The Bertz CT molecular complexity index is 308. The van der Waals surface area contributed by atoms with Crippen LogP contribution in [0.1, 0.15) is 40.0 Å². The van der Waals surface area contributed by atoms with E-state index in [1.165, 1.54) is 0 Å². The summed E-state index contributed by atoms with van der Waals surface area (Å²) < 4.78 is 16.1. The number of hydrogen-bond acceptors (Lipinski definition) is 5. The van der Waals surface area contributed by atoms with Gasteiger partial charge in [-0.2, -0.15) is 5.26 Å². The molecule has 1 aliphatic heterocycles. The number of rotatable bonds is 4. The van der Waals surface area contributed by atoms with Crippen molar-refractivity contribution < 1.29 is 19.0 Å². The summed E-state index contributed by atoms with van der Waals surface area (Å²) in [6.07, 6.45) is 0.657. The number of nitrogens with zero attached hydrogens (tertiary/aromatic N) is 1. The molecule has 1 saturated heterocycles. The van der Waals surface area contributed by atoms with Gasteiger partial charge in [0.05, 0.1) is 37.7 Å². The Morgan fingerprint density at radius 3 is 2.71 bits per heavy atom. The number of carbonyl (C=O) groups is 1. The zero-order valence-electron chi connectivity index (χ0n) is 10.6. The summed E-state index contributed by atoms with van der Waals surface area (Å²) in [7, 11) is 0. The first-order chi connectivity index (χ1) is 7.96. The molecule has 17 heavy (non-hydrogen) atoms. The van der Waals surface area contributed by atoms with Gasteiger partial charge in [-0.15, -0.1) is 0 Å². The minimum absolute atomic E-state index is 0.178. The van der Waals surface area contributed by atoms with Gasteiger partial charge in [0.15, 0.2) is 5.79 Å². The topological polar surface area (TPSA) is 68.6 Å². The number of hydrogen-bond donors (Lipinski definition) is 0. The molecule has 0 aliphatic carbocycles. The van der Waals surface area contributed by atoms with Crippen molar-refractivity contribution in [3.8, 4) is 6.07 Å². The van der Waals surface area contributed by atoms with E-state index in [1.54, 1.807) is 20.8 Å². The van der Waals surface area contributed by atoms with E-state index < -0.39 is 5.79 Å². The van der Waals surface area contributed by atoms with Gasteiger partial charge in [-0.05, 0) is 20.8 Å². The predicted molar refractivity (Wildman–Crippen MR) is 59.9 cm³/mol. The Morgan fingerprint density at radius 2 is 2.12 bits per heavy atom. The largest absolute Gasteiger partial charge is 0.466 e. The zero-order valence-corrected chi connectivity index (χ0v) is 10.6. The lowest BCUT2D eigenvalue weighted by molar-refractivity contribution is -0.298. The summed E-state index contributed by atoms with van der Waals surface area (Å²) in [4.78, 5) is 11.4. The molecule has 0 N–H and O–H groups in total. The second-order valence-electron chi connectivity index (χ2n) is 4.49. The van der Waals surface area contributed by atoms with E-state index in [2.05, 4.69) is 6.07 Å². The van der Waals surface area contributed by atoms with Gasteiger partial charge >= 0.3 is 5.97 Å². The number of nitriles is 1. The van der Waals surface area contributed by atoms with Gasteiger partial charge in [0, 0.05) is 6.42 Å². The highest BCUT2D eigenvalue weighted by molar-refractivity contribution is 5.69. The van der Waals surface area contributed by atoms with Crippen LogP contribution in [0.25, 0.3) is 0 Å². The average Bonchev–Trinajstić information content (AvgIpc) is 2.15. The minimum atomic E-state index is -0.753. The summed E-state index contributed by atoms with van der Waals surface area (Å²) in [6.45, 7) is 5.71. The van der Waals surface area contributed by atoms with Gasteiger partial charge in [0.2, 0.25) is 0 Å². The van der Waals surface area contributed by atoms with Gasteiger partial charge < -0.3 is 14.2 Å². The fourth-order valence-corrected chi connectivity index (χ4v) is 1.98. The third-order valence-electron chi connectivity index (χ3n) is 2.45. The van der Waals surface area contributed by atoms with Crippen LogP contribution in [0, 0.1) is 11.3 Å². The molecule has 1 fully saturated rings. The van der Waals surface area contributed by atoms with Crippen LogP contribution in [0.3, 0.4) is 0 Å². The number of carbonyl (C=O) groups excluding carboxylic acids is 1. The molecule has 0 aromatic carbocycles. The Hall–Kier alpha value is -1.12. The second kappa shape index (κ2) is 5.99. The predicted octanol–water partition coefficient (Wildman–Crippen LogP) is 1.76. The second-order valence-corrected chi connectivity index (χ2v) is 4.49. The Balaban J connectivity index is 2.54. The molecule has 1 heterocycles. The van der Waals surface area contributed by atoms with E-state index in [0.717, 1.165) is 0 Å². The van der Waals surface area contributed by atoms with E-state index >= 15 is 0 Å². The van der Waals surface area contributed by atoms with Crippen molar-refractivity contribution in [3.63, 3.8) is 0 Å². The van der Waals surface area contributed by atoms with Crippen molar-refractivity contribution in [1.29, 1.82) is 5.26 Å². The summed E-state index contributed by atoms with van der Waals surface area (Å²) in [5, 5.41) is 8.68. The summed E-state index contributed by atoms with van der Waals surface area (Å²) in [5.41, 5.74) is 0. The minimum Gasteiger partial charge on any atom is -0.466 e. The molecule has 2 atom stereocenters. The third-order valence-corrected chi connectivity index (χ3v) is 2.45. The third kappa shape index (κ3) is 4.72. The molecule has 1 aliphatic rings. The maximum atomic E-state index is 11.4. The monoisotopic (exact) mass is 241 g/mol. The van der Waals surface area contributed by atoms with Crippen LogP contribution in [-0.4, -0.2) is 30.6 Å². The Kier molecular flexibility index (Phi) is 4.91. The molecular weight excluding hydrogens is 222 g/mol. The normalized spacial score (nSPS) is 27.2. The van der Waals surface area contributed by atoms with Crippen LogP contribution in [0.15, 0.2) is 0 Å². The van der Waals surface area contributed by atoms with Crippen LogP contribution in [0.4, 0.5) is 0 Å². The molecule has 0 spiro atoms. The van der Waals surface area contributed by atoms with E-state index in [-0.39, 0.29) is 24.6 Å².